The lowest BCUT2D eigenvalue weighted by Crippen LogP contribution is -2.53. The van der Waals surface area contributed by atoms with Gasteiger partial charge in [-0.3, -0.25) is 4.79 Å². The summed E-state index contributed by atoms with van der Waals surface area (Å²) in [6.07, 6.45) is 2.45. The van der Waals surface area contributed by atoms with Gasteiger partial charge in [0.1, 0.15) is 5.82 Å². The fourth-order valence-electron chi connectivity index (χ4n) is 2.19. The standard InChI is InChI=1S/C13H18N2O2/c1-10-6-11(8-16)7-14-12(10)15-4-5-17-9-13(15,2)3/h6-8H,4-5,9H2,1-3H3. The molecule has 1 aliphatic rings. The Bertz CT molecular complexity index is 429. The molecule has 0 unspecified atom stereocenters. The Morgan fingerprint density at radius 2 is 2.29 bits per heavy atom. The largest absolute Gasteiger partial charge is 0.377 e. The molecule has 2 rings (SSSR count). The fraction of sp³-hybridized carbons (Fsp3) is 0.538. The summed E-state index contributed by atoms with van der Waals surface area (Å²) in [6.45, 7) is 8.52. The molecule has 1 fully saturated rings. The van der Waals surface area contributed by atoms with Crippen molar-refractivity contribution in [2.45, 2.75) is 26.3 Å². The van der Waals surface area contributed by atoms with Gasteiger partial charge in [0.15, 0.2) is 6.29 Å². The predicted molar refractivity (Wildman–Crippen MR) is 66.6 cm³/mol. The second-order valence-electron chi connectivity index (χ2n) is 5.04. The van der Waals surface area contributed by atoms with E-state index in [1.807, 2.05) is 13.0 Å². The van der Waals surface area contributed by atoms with E-state index in [4.69, 9.17) is 4.74 Å². The van der Waals surface area contributed by atoms with Crippen molar-refractivity contribution < 1.29 is 9.53 Å². The van der Waals surface area contributed by atoms with Crippen LogP contribution >= 0.6 is 0 Å². The Hall–Kier alpha value is -1.42. The molecule has 0 spiro atoms. The van der Waals surface area contributed by atoms with Crippen LogP contribution in [0.5, 0.6) is 0 Å². The van der Waals surface area contributed by atoms with E-state index in [0.717, 1.165) is 30.8 Å². The average molecular weight is 234 g/mol. The highest BCUT2D eigenvalue weighted by molar-refractivity contribution is 5.75. The van der Waals surface area contributed by atoms with Crippen molar-refractivity contribution in [2.75, 3.05) is 24.7 Å². The third kappa shape index (κ3) is 2.31. The molecule has 2 heterocycles. The minimum absolute atomic E-state index is 0.0568. The van der Waals surface area contributed by atoms with Crippen molar-refractivity contribution in [3.63, 3.8) is 0 Å². The summed E-state index contributed by atoms with van der Waals surface area (Å²) in [5.41, 5.74) is 1.60. The van der Waals surface area contributed by atoms with Crippen molar-refractivity contribution >= 4 is 12.1 Å². The number of carbonyl (C=O) groups is 1. The number of morpholine rings is 1. The maximum absolute atomic E-state index is 10.7. The van der Waals surface area contributed by atoms with Crippen molar-refractivity contribution in [2.24, 2.45) is 0 Å². The van der Waals surface area contributed by atoms with Gasteiger partial charge >= 0.3 is 0 Å². The molecule has 1 aliphatic heterocycles. The van der Waals surface area contributed by atoms with Crippen LogP contribution in [0.1, 0.15) is 29.8 Å². The Morgan fingerprint density at radius 1 is 1.53 bits per heavy atom. The molecule has 0 saturated carbocycles. The number of anilines is 1. The van der Waals surface area contributed by atoms with Crippen LogP contribution in [0.4, 0.5) is 5.82 Å². The molecular formula is C13H18N2O2. The molecule has 0 amide bonds. The van der Waals surface area contributed by atoms with Gasteiger partial charge in [-0.05, 0) is 32.4 Å². The van der Waals surface area contributed by atoms with Gasteiger partial charge in [0.05, 0.1) is 18.8 Å². The van der Waals surface area contributed by atoms with Crippen molar-refractivity contribution in [3.8, 4) is 0 Å². The van der Waals surface area contributed by atoms with Crippen molar-refractivity contribution in [3.05, 3.63) is 23.4 Å². The molecule has 4 heteroatoms. The number of aldehydes is 1. The number of pyridine rings is 1. The second-order valence-corrected chi connectivity index (χ2v) is 5.04. The first kappa shape index (κ1) is 12.0. The molecule has 1 saturated heterocycles. The van der Waals surface area contributed by atoms with Gasteiger partial charge in [0.2, 0.25) is 0 Å². The van der Waals surface area contributed by atoms with Crippen LogP contribution in [0.25, 0.3) is 0 Å². The summed E-state index contributed by atoms with van der Waals surface area (Å²) in [4.78, 5) is 17.4. The van der Waals surface area contributed by atoms with E-state index in [1.54, 1.807) is 6.20 Å². The van der Waals surface area contributed by atoms with Crippen molar-refractivity contribution in [1.82, 2.24) is 4.98 Å². The van der Waals surface area contributed by atoms with E-state index in [-0.39, 0.29) is 5.54 Å². The van der Waals surface area contributed by atoms with Gasteiger partial charge in [0, 0.05) is 18.3 Å². The van der Waals surface area contributed by atoms with Crippen LogP contribution in [0.2, 0.25) is 0 Å². The van der Waals surface area contributed by atoms with Gasteiger partial charge in [0.25, 0.3) is 0 Å². The zero-order valence-corrected chi connectivity index (χ0v) is 10.6. The summed E-state index contributed by atoms with van der Waals surface area (Å²) in [5.74, 6) is 0.948. The molecule has 1 aromatic heterocycles. The van der Waals surface area contributed by atoms with Gasteiger partial charge in [-0.1, -0.05) is 0 Å². The van der Waals surface area contributed by atoms with Crippen LogP contribution in [0.15, 0.2) is 12.3 Å². The Balaban J connectivity index is 2.35. The predicted octanol–water partition coefficient (Wildman–Crippen LogP) is 1.82. The Labute approximate surface area is 102 Å². The molecule has 0 radical (unpaired) electrons. The fourth-order valence-corrected chi connectivity index (χ4v) is 2.19. The summed E-state index contributed by atoms with van der Waals surface area (Å²) in [6, 6.07) is 1.88. The minimum atomic E-state index is -0.0568. The first-order valence-corrected chi connectivity index (χ1v) is 5.82. The third-order valence-electron chi connectivity index (χ3n) is 3.11. The topological polar surface area (TPSA) is 42.4 Å². The number of hydrogen-bond acceptors (Lipinski definition) is 4. The molecule has 0 N–H and O–H groups in total. The molecule has 0 aromatic carbocycles. The summed E-state index contributed by atoms with van der Waals surface area (Å²) < 4.78 is 5.50. The number of hydrogen-bond donors (Lipinski definition) is 0. The van der Waals surface area contributed by atoms with E-state index in [2.05, 4.69) is 23.7 Å². The van der Waals surface area contributed by atoms with Crippen molar-refractivity contribution in [1.29, 1.82) is 0 Å². The normalized spacial score (nSPS) is 19.1. The number of nitrogens with zero attached hydrogens (tertiary/aromatic N) is 2. The zero-order valence-electron chi connectivity index (χ0n) is 10.6. The highest BCUT2D eigenvalue weighted by atomic mass is 16.5. The lowest BCUT2D eigenvalue weighted by molar-refractivity contribution is 0.0638. The number of aryl methyl sites for hydroxylation is 1. The molecule has 0 bridgehead atoms. The number of aromatic nitrogens is 1. The van der Waals surface area contributed by atoms with E-state index < -0.39 is 0 Å². The summed E-state index contributed by atoms with van der Waals surface area (Å²) in [7, 11) is 0. The number of carbonyl (C=O) groups excluding carboxylic acids is 1. The van der Waals surface area contributed by atoms with E-state index in [1.165, 1.54) is 0 Å². The van der Waals surface area contributed by atoms with Gasteiger partial charge in [-0.15, -0.1) is 0 Å². The summed E-state index contributed by atoms with van der Waals surface area (Å²) in [5, 5.41) is 0. The number of rotatable bonds is 2. The lowest BCUT2D eigenvalue weighted by atomic mass is 10.0. The number of ether oxygens (including phenoxy) is 1. The second kappa shape index (κ2) is 4.45. The van der Waals surface area contributed by atoms with Crippen LogP contribution in [-0.4, -0.2) is 36.6 Å². The zero-order chi connectivity index (χ0) is 12.5. The third-order valence-corrected chi connectivity index (χ3v) is 3.11. The van der Waals surface area contributed by atoms with Gasteiger partial charge in [-0.2, -0.15) is 0 Å². The SMILES string of the molecule is Cc1cc(C=O)cnc1N1CCOCC1(C)C. The van der Waals surface area contributed by atoms with E-state index in [0.29, 0.717) is 12.2 Å². The molecule has 92 valence electrons. The molecular weight excluding hydrogens is 216 g/mol. The lowest BCUT2D eigenvalue weighted by Gasteiger charge is -2.43. The monoisotopic (exact) mass is 234 g/mol. The molecule has 1 aromatic rings. The Morgan fingerprint density at radius 3 is 2.88 bits per heavy atom. The smallest absolute Gasteiger partial charge is 0.151 e. The summed E-state index contributed by atoms with van der Waals surface area (Å²) >= 11 is 0. The molecule has 4 nitrogen and oxygen atoms in total. The molecule has 17 heavy (non-hydrogen) atoms. The van der Waals surface area contributed by atoms with Crippen LogP contribution in [0, 0.1) is 6.92 Å². The molecule has 0 aliphatic carbocycles. The molecule has 0 atom stereocenters. The highest BCUT2D eigenvalue weighted by Gasteiger charge is 2.32. The maximum atomic E-state index is 10.7. The van der Waals surface area contributed by atoms with E-state index in [9.17, 15) is 4.79 Å². The Kier molecular flexibility index (Phi) is 3.15. The first-order valence-electron chi connectivity index (χ1n) is 5.82. The van der Waals surface area contributed by atoms with E-state index >= 15 is 0 Å². The van der Waals surface area contributed by atoms with Crippen LogP contribution in [0.3, 0.4) is 0 Å². The van der Waals surface area contributed by atoms with Gasteiger partial charge < -0.3 is 9.64 Å². The maximum Gasteiger partial charge on any atom is 0.151 e. The van der Waals surface area contributed by atoms with Crippen LogP contribution in [-0.2, 0) is 4.74 Å². The minimum Gasteiger partial charge on any atom is -0.377 e. The first-order chi connectivity index (χ1) is 8.04. The van der Waals surface area contributed by atoms with Crippen LogP contribution < -0.4 is 4.90 Å². The average Bonchev–Trinajstić information content (AvgIpc) is 2.29. The highest BCUT2D eigenvalue weighted by Crippen LogP contribution is 2.27. The van der Waals surface area contributed by atoms with Gasteiger partial charge in [-0.25, -0.2) is 4.98 Å². The quantitative estimate of drug-likeness (QED) is 0.732.